The molecule has 0 aliphatic carbocycles. The molecular formula is C12H14BrNO3. The number of benzene rings is 1. The lowest BCUT2D eigenvalue weighted by molar-refractivity contribution is 0.0572. The molecule has 4 nitrogen and oxygen atoms in total. The lowest BCUT2D eigenvalue weighted by Gasteiger charge is -2.16. The Labute approximate surface area is 108 Å². The van der Waals surface area contributed by atoms with Crippen LogP contribution in [0.3, 0.4) is 0 Å². The molecule has 0 unspecified atom stereocenters. The molecule has 1 aliphatic rings. The molecule has 0 aromatic heterocycles. The van der Waals surface area contributed by atoms with Crippen molar-refractivity contribution in [3.8, 4) is 0 Å². The van der Waals surface area contributed by atoms with Crippen LogP contribution in [0, 0.1) is 6.92 Å². The summed E-state index contributed by atoms with van der Waals surface area (Å²) in [5.41, 5.74) is 1.48. The summed E-state index contributed by atoms with van der Waals surface area (Å²) in [7, 11) is 0. The fourth-order valence-corrected chi connectivity index (χ4v) is 2.29. The van der Waals surface area contributed by atoms with Gasteiger partial charge in [0.05, 0.1) is 12.2 Å². The predicted molar refractivity (Wildman–Crippen MR) is 66.8 cm³/mol. The first-order valence-electron chi connectivity index (χ1n) is 5.40. The normalized spacial score (nSPS) is 24.1. The van der Waals surface area contributed by atoms with Crippen molar-refractivity contribution in [2.24, 2.45) is 0 Å². The molecule has 2 rings (SSSR count). The summed E-state index contributed by atoms with van der Waals surface area (Å²) in [5.74, 6) is -0.153. The van der Waals surface area contributed by atoms with Crippen molar-refractivity contribution >= 4 is 21.8 Å². The van der Waals surface area contributed by atoms with Gasteiger partial charge in [-0.15, -0.1) is 0 Å². The number of hydrogen-bond acceptors (Lipinski definition) is 3. The van der Waals surface area contributed by atoms with E-state index in [-0.39, 0.29) is 19.0 Å². The van der Waals surface area contributed by atoms with E-state index in [1.54, 1.807) is 6.07 Å². The Bertz CT molecular complexity index is 439. The number of aliphatic hydroxyl groups is 2. The van der Waals surface area contributed by atoms with E-state index in [9.17, 15) is 15.0 Å². The number of likely N-dealkylation sites (tertiary alicyclic amines) is 1. The van der Waals surface area contributed by atoms with Gasteiger partial charge in [0.15, 0.2) is 0 Å². The zero-order chi connectivity index (χ0) is 12.6. The Hall–Kier alpha value is -0.910. The van der Waals surface area contributed by atoms with Crippen LogP contribution in [0.1, 0.15) is 15.9 Å². The molecule has 0 bridgehead atoms. The van der Waals surface area contributed by atoms with Gasteiger partial charge in [0.1, 0.15) is 0 Å². The standard InChI is InChI=1S/C12H14BrNO3/c1-7-2-3-8(13)4-9(7)12(17)14-5-10(15)11(16)6-14/h2-4,10-11,15-16H,5-6H2,1H3/t10-,11+. The highest BCUT2D eigenvalue weighted by Crippen LogP contribution is 2.20. The summed E-state index contributed by atoms with van der Waals surface area (Å²) in [4.78, 5) is 13.7. The zero-order valence-electron chi connectivity index (χ0n) is 9.43. The summed E-state index contributed by atoms with van der Waals surface area (Å²) < 4.78 is 0.840. The maximum Gasteiger partial charge on any atom is 0.254 e. The monoisotopic (exact) mass is 299 g/mol. The maximum atomic E-state index is 12.2. The topological polar surface area (TPSA) is 60.8 Å². The molecule has 1 aliphatic heterocycles. The molecule has 0 saturated carbocycles. The highest BCUT2D eigenvalue weighted by Gasteiger charge is 2.33. The third-order valence-corrected chi connectivity index (χ3v) is 3.47. The maximum absolute atomic E-state index is 12.2. The second kappa shape index (κ2) is 4.76. The highest BCUT2D eigenvalue weighted by molar-refractivity contribution is 9.10. The molecule has 1 fully saturated rings. The molecule has 5 heteroatoms. The Balaban J connectivity index is 2.23. The minimum Gasteiger partial charge on any atom is -0.388 e. The van der Waals surface area contributed by atoms with E-state index in [0.29, 0.717) is 5.56 Å². The SMILES string of the molecule is Cc1ccc(Br)cc1C(=O)N1C[C@@H](O)[C@@H](O)C1. The van der Waals surface area contributed by atoms with Crippen LogP contribution >= 0.6 is 15.9 Å². The molecule has 1 aromatic rings. The molecule has 17 heavy (non-hydrogen) atoms. The summed E-state index contributed by atoms with van der Waals surface area (Å²) in [6.07, 6.45) is -1.68. The second-order valence-electron chi connectivity index (χ2n) is 4.30. The molecule has 0 radical (unpaired) electrons. The smallest absolute Gasteiger partial charge is 0.254 e. The van der Waals surface area contributed by atoms with Gasteiger partial charge >= 0.3 is 0 Å². The zero-order valence-corrected chi connectivity index (χ0v) is 11.0. The van der Waals surface area contributed by atoms with E-state index in [4.69, 9.17) is 0 Å². The number of amides is 1. The Morgan fingerprint density at radius 3 is 2.53 bits per heavy atom. The number of carbonyl (C=O) groups is 1. The van der Waals surface area contributed by atoms with Crippen molar-refractivity contribution in [2.45, 2.75) is 19.1 Å². The first-order valence-corrected chi connectivity index (χ1v) is 6.20. The van der Waals surface area contributed by atoms with Gasteiger partial charge in [-0.05, 0) is 24.6 Å². The average molecular weight is 300 g/mol. The number of nitrogens with zero attached hydrogens (tertiary/aromatic N) is 1. The Morgan fingerprint density at radius 2 is 1.94 bits per heavy atom. The van der Waals surface area contributed by atoms with Crippen molar-refractivity contribution in [3.05, 3.63) is 33.8 Å². The van der Waals surface area contributed by atoms with Crippen LogP contribution in [-0.2, 0) is 0 Å². The van der Waals surface area contributed by atoms with Crippen LogP contribution in [0.4, 0.5) is 0 Å². The van der Waals surface area contributed by atoms with Crippen molar-refractivity contribution in [1.29, 1.82) is 0 Å². The summed E-state index contributed by atoms with van der Waals surface area (Å²) >= 11 is 3.33. The fraction of sp³-hybridized carbons (Fsp3) is 0.417. The Morgan fingerprint density at radius 1 is 1.35 bits per heavy atom. The summed E-state index contributed by atoms with van der Waals surface area (Å²) in [6.45, 7) is 2.24. The molecule has 2 N–H and O–H groups in total. The lowest BCUT2D eigenvalue weighted by Crippen LogP contribution is -2.30. The van der Waals surface area contributed by atoms with Gasteiger partial charge in [-0.2, -0.15) is 0 Å². The minimum absolute atomic E-state index is 0.153. The predicted octanol–water partition coefficient (Wildman–Crippen LogP) is 0.935. The van der Waals surface area contributed by atoms with Crippen LogP contribution in [0.15, 0.2) is 22.7 Å². The molecule has 1 heterocycles. The van der Waals surface area contributed by atoms with Gasteiger partial charge in [-0.3, -0.25) is 4.79 Å². The number of carbonyl (C=O) groups excluding carboxylic acids is 1. The van der Waals surface area contributed by atoms with Gasteiger partial charge in [-0.1, -0.05) is 22.0 Å². The van der Waals surface area contributed by atoms with Gasteiger partial charge in [0.2, 0.25) is 0 Å². The molecule has 1 amide bonds. The molecule has 0 spiro atoms. The quantitative estimate of drug-likeness (QED) is 0.811. The molecule has 1 saturated heterocycles. The van der Waals surface area contributed by atoms with Gasteiger partial charge in [0, 0.05) is 23.1 Å². The van der Waals surface area contributed by atoms with Crippen molar-refractivity contribution in [1.82, 2.24) is 4.90 Å². The Kier molecular flexibility index (Phi) is 3.51. The van der Waals surface area contributed by atoms with Gasteiger partial charge in [-0.25, -0.2) is 0 Å². The third-order valence-electron chi connectivity index (χ3n) is 2.98. The summed E-state index contributed by atoms with van der Waals surface area (Å²) in [5, 5.41) is 18.9. The number of hydrogen-bond donors (Lipinski definition) is 2. The highest BCUT2D eigenvalue weighted by atomic mass is 79.9. The van der Waals surface area contributed by atoms with Crippen molar-refractivity contribution < 1.29 is 15.0 Å². The lowest BCUT2D eigenvalue weighted by atomic mass is 10.1. The first-order chi connectivity index (χ1) is 7.99. The first kappa shape index (κ1) is 12.5. The molecule has 1 aromatic carbocycles. The van der Waals surface area contributed by atoms with Crippen LogP contribution in [0.2, 0.25) is 0 Å². The van der Waals surface area contributed by atoms with E-state index in [1.165, 1.54) is 4.90 Å². The van der Waals surface area contributed by atoms with Crippen molar-refractivity contribution in [2.75, 3.05) is 13.1 Å². The van der Waals surface area contributed by atoms with E-state index in [0.717, 1.165) is 10.0 Å². The molecule has 92 valence electrons. The number of aliphatic hydroxyl groups excluding tert-OH is 2. The van der Waals surface area contributed by atoms with E-state index in [2.05, 4.69) is 15.9 Å². The van der Waals surface area contributed by atoms with Crippen LogP contribution in [0.5, 0.6) is 0 Å². The third kappa shape index (κ3) is 2.51. The second-order valence-corrected chi connectivity index (χ2v) is 5.22. The number of rotatable bonds is 1. The van der Waals surface area contributed by atoms with E-state index >= 15 is 0 Å². The molecular weight excluding hydrogens is 286 g/mol. The molecule has 2 atom stereocenters. The minimum atomic E-state index is -0.841. The van der Waals surface area contributed by atoms with Crippen molar-refractivity contribution in [3.63, 3.8) is 0 Å². The van der Waals surface area contributed by atoms with Crippen LogP contribution in [0.25, 0.3) is 0 Å². The van der Waals surface area contributed by atoms with Crippen LogP contribution < -0.4 is 0 Å². The van der Waals surface area contributed by atoms with Gasteiger partial charge in [0.25, 0.3) is 5.91 Å². The average Bonchev–Trinajstić information content (AvgIpc) is 2.62. The summed E-state index contributed by atoms with van der Waals surface area (Å²) in [6, 6.07) is 5.49. The van der Waals surface area contributed by atoms with E-state index < -0.39 is 12.2 Å². The van der Waals surface area contributed by atoms with Gasteiger partial charge < -0.3 is 15.1 Å². The largest absolute Gasteiger partial charge is 0.388 e. The number of aryl methyl sites for hydroxylation is 1. The fourth-order valence-electron chi connectivity index (χ4n) is 1.93. The van der Waals surface area contributed by atoms with E-state index in [1.807, 2.05) is 19.1 Å². The number of β-amino-alcohol motifs (C(OH)–C–C–N with tert-alkyl or cyclic N) is 2. The number of halogens is 1. The van der Waals surface area contributed by atoms with Crippen LogP contribution in [-0.4, -0.2) is 46.3 Å².